The fourth-order valence-electron chi connectivity index (χ4n) is 3.08. The van der Waals surface area contributed by atoms with Crippen molar-refractivity contribution in [2.75, 3.05) is 13.1 Å². The van der Waals surface area contributed by atoms with Crippen LogP contribution in [0.15, 0.2) is 47.1 Å². The van der Waals surface area contributed by atoms with Crippen molar-refractivity contribution in [2.45, 2.75) is 31.7 Å². The molecule has 132 valence electrons. The minimum atomic E-state index is 0. The number of aromatic nitrogens is 4. The summed E-state index contributed by atoms with van der Waals surface area (Å²) in [5.74, 6) is 1.23. The Hall–Kier alpha value is -2.18. The van der Waals surface area contributed by atoms with Crippen LogP contribution in [0.1, 0.15) is 30.3 Å². The zero-order chi connectivity index (χ0) is 16.2. The molecule has 2 aromatic heterocycles. The van der Waals surface area contributed by atoms with Gasteiger partial charge in [-0.15, -0.1) is 12.4 Å². The topological polar surface area (TPSA) is 68.8 Å². The monoisotopic (exact) mass is 359 g/mol. The molecule has 0 saturated carbocycles. The third-order valence-electron chi connectivity index (χ3n) is 4.42. The first-order chi connectivity index (χ1) is 11.9. The van der Waals surface area contributed by atoms with E-state index in [1.54, 1.807) is 0 Å². The molecule has 6 nitrogen and oxygen atoms in total. The number of nitrogens with one attached hydrogen (secondary N) is 1. The molecule has 1 atom stereocenters. The lowest BCUT2D eigenvalue weighted by Gasteiger charge is -2.22. The average molecular weight is 360 g/mol. The van der Waals surface area contributed by atoms with Crippen LogP contribution in [0.2, 0.25) is 0 Å². The summed E-state index contributed by atoms with van der Waals surface area (Å²) < 4.78 is 7.40. The number of piperidine rings is 1. The molecule has 4 rings (SSSR count). The highest BCUT2D eigenvalue weighted by atomic mass is 35.5. The maximum Gasteiger partial charge on any atom is 0.278 e. The maximum atomic E-state index is 5.39. The molecule has 0 radical (unpaired) electrons. The second kappa shape index (κ2) is 8.27. The summed E-state index contributed by atoms with van der Waals surface area (Å²) in [6.07, 6.45) is 6.01. The Bertz CT molecular complexity index is 780. The summed E-state index contributed by atoms with van der Waals surface area (Å²) in [5, 5.41) is 12.1. The van der Waals surface area contributed by atoms with Gasteiger partial charge in [-0.1, -0.05) is 35.5 Å². The van der Waals surface area contributed by atoms with Crippen molar-refractivity contribution in [3.63, 3.8) is 0 Å². The van der Waals surface area contributed by atoms with Gasteiger partial charge in [-0.2, -0.15) is 10.1 Å². The van der Waals surface area contributed by atoms with Gasteiger partial charge >= 0.3 is 0 Å². The Kier molecular flexibility index (Phi) is 5.83. The van der Waals surface area contributed by atoms with E-state index in [9.17, 15) is 0 Å². The molecule has 1 saturated heterocycles. The molecule has 7 heteroatoms. The first kappa shape index (κ1) is 17.6. The van der Waals surface area contributed by atoms with Gasteiger partial charge in [0, 0.05) is 19.2 Å². The van der Waals surface area contributed by atoms with E-state index >= 15 is 0 Å². The molecule has 0 aliphatic carbocycles. The van der Waals surface area contributed by atoms with E-state index in [4.69, 9.17) is 4.52 Å². The van der Waals surface area contributed by atoms with Crippen LogP contribution in [0.5, 0.6) is 0 Å². The van der Waals surface area contributed by atoms with Crippen molar-refractivity contribution < 1.29 is 4.52 Å². The molecule has 1 aliphatic heterocycles. The van der Waals surface area contributed by atoms with E-state index in [0.717, 1.165) is 43.9 Å². The van der Waals surface area contributed by atoms with Crippen LogP contribution in [0.3, 0.4) is 0 Å². The molecule has 25 heavy (non-hydrogen) atoms. The number of benzene rings is 1. The first-order valence-electron chi connectivity index (χ1n) is 8.51. The predicted octanol–water partition coefficient (Wildman–Crippen LogP) is 3.06. The van der Waals surface area contributed by atoms with Crippen LogP contribution in [-0.4, -0.2) is 33.0 Å². The minimum absolute atomic E-state index is 0. The first-order valence-corrected chi connectivity index (χ1v) is 8.51. The Morgan fingerprint density at radius 2 is 2.04 bits per heavy atom. The van der Waals surface area contributed by atoms with Crippen molar-refractivity contribution in [1.29, 1.82) is 0 Å². The molecule has 1 unspecified atom stereocenters. The van der Waals surface area contributed by atoms with Crippen molar-refractivity contribution in [3.05, 3.63) is 54.0 Å². The minimum Gasteiger partial charge on any atom is -0.332 e. The van der Waals surface area contributed by atoms with Gasteiger partial charge in [0.15, 0.2) is 11.5 Å². The number of rotatable bonds is 5. The van der Waals surface area contributed by atoms with E-state index in [2.05, 4.69) is 32.7 Å². The lowest BCUT2D eigenvalue weighted by atomic mass is 10.1. The van der Waals surface area contributed by atoms with Crippen LogP contribution in [0.25, 0.3) is 11.6 Å². The van der Waals surface area contributed by atoms with Crippen LogP contribution in [0.4, 0.5) is 0 Å². The number of nitrogens with zero attached hydrogens (tertiary/aromatic N) is 4. The van der Waals surface area contributed by atoms with E-state index in [1.165, 1.54) is 12.0 Å². The second-order valence-electron chi connectivity index (χ2n) is 6.18. The highest BCUT2D eigenvalue weighted by Crippen LogP contribution is 2.20. The Labute approximate surface area is 153 Å². The van der Waals surface area contributed by atoms with Crippen LogP contribution >= 0.6 is 12.4 Å². The fourth-order valence-corrected chi connectivity index (χ4v) is 3.08. The normalized spacial score (nSPS) is 17.2. The molecule has 0 amide bonds. The second-order valence-corrected chi connectivity index (χ2v) is 6.18. The standard InChI is InChI=1S/C18H21N5O.ClH/c1-2-5-14(6-3-1)8-9-17-20-18(24-22-17)16-10-12-23(21-16)15-7-4-11-19-13-15;/h1-3,5-6,10,12,15,19H,4,7-9,11,13H2;1H. The molecule has 3 heterocycles. The summed E-state index contributed by atoms with van der Waals surface area (Å²) in [4.78, 5) is 4.48. The summed E-state index contributed by atoms with van der Waals surface area (Å²) in [5.41, 5.74) is 2.02. The number of halogens is 1. The highest BCUT2D eigenvalue weighted by molar-refractivity contribution is 5.85. The van der Waals surface area contributed by atoms with Crippen LogP contribution in [-0.2, 0) is 12.8 Å². The Morgan fingerprint density at radius 3 is 2.84 bits per heavy atom. The highest BCUT2D eigenvalue weighted by Gasteiger charge is 2.18. The molecule has 1 fully saturated rings. The zero-order valence-corrected chi connectivity index (χ0v) is 14.8. The third kappa shape index (κ3) is 4.27. The molecule has 1 N–H and O–H groups in total. The van der Waals surface area contributed by atoms with Crippen molar-refractivity contribution in [3.8, 4) is 11.6 Å². The average Bonchev–Trinajstić information content (AvgIpc) is 3.31. The van der Waals surface area contributed by atoms with Gasteiger partial charge in [-0.3, -0.25) is 4.68 Å². The zero-order valence-electron chi connectivity index (χ0n) is 14.0. The summed E-state index contributed by atoms with van der Waals surface area (Å²) in [6.45, 7) is 2.06. The van der Waals surface area contributed by atoms with E-state index in [-0.39, 0.29) is 12.4 Å². The molecule has 1 aromatic carbocycles. The van der Waals surface area contributed by atoms with Gasteiger partial charge in [-0.25, -0.2) is 0 Å². The van der Waals surface area contributed by atoms with Crippen molar-refractivity contribution in [1.82, 2.24) is 25.2 Å². The number of hydrogen-bond donors (Lipinski definition) is 1. The van der Waals surface area contributed by atoms with Crippen molar-refractivity contribution >= 4 is 12.4 Å². The predicted molar refractivity (Wildman–Crippen MR) is 97.8 cm³/mol. The molecule has 3 aromatic rings. The van der Waals surface area contributed by atoms with Crippen LogP contribution in [0, 0.1) is 0 Å². The van der Waals surface area contributed by atoms with Gasteiger partial charge in [0.05, 0.1) is 6.04 Å². The molecular formula is C18H22ClN5O. The Balaban J connectivity index is 0.00000182. The molecule has 0 spiro atoms. The lowest BCUT2D eigenvalue weighted by Crippen LogP contribution is -2.31. The van der Waals surface area contributed by atoms with E-state index in [1.807, 2.05) is 35.1 Å². The van der Waals surface area contributed by atoms with Gasteiger partial charge in [0.25, 0.3) is 5.89 Å². The summed E-state index contributed by atoms with van der Waals surface area (Å²) in [6, 6.07) is 12.7. The van der Waals surface area contributed by atoms with Gasteiger partial charge in [0.2, 0.25) is 0 Å². The van der Waals surface area contributed by atoms with Gasteiger partial charge in [-0.05, 0) is 37.4 Å². The summed E-state index contributed by atoms with van der Waals surface area (Å²) >= 11 is 0. The van der Waals surface area contributed by atoms with E-state index < -0.39 is 0 Å². The number of aryl methyl sites for hydroxylation is 2. The van der Waals surface area contributed by atoms with E-state index in [0.29, 0.717) is 11.9 Å². The quantitative estimate of drug-likeness (QED) is 0.758. The SMILES string of the molecule is Cl.c1ccc(CCc2noc(-c3ccn(C4CCCNC4)n3)n2)cc1. The smallest absolute Gasteiger partial charge is 0.278 e. The van der Waals surface area contributed by atoms with Gasteiger partial charge in [0.1, 0.15) is 0 Å². The van der Waals surface area contributed by atoms with Crippen molar-refractivity contribution in [2.24, 2.45) is 0 Å². The summed E-state index contributed by atoms with van der Waals surface area (Å²) in [7, 11) is 0. The largest absolute Gasteiger partial charge is 0.332 e. The molecule has 1 aliphatic rings. The van der Waals surface area contributed by atoms with Gasteiger partial charge < -0.3 is 9.84 Å². The maximum absolute atomic E-state index is 5.39. The Morgan fingerprint density at radius 1 is 1.16 bits per heavy atom. The molecule has 0 bridgehead atoms. The molecular weight excluding hydrogens is 338 g/mol. The fraction of sp³-hybridized carbons (Fsp3) is 0.389. The van der Waals surface area contributed by atoms with Crippen LogP contribution < -0.4 is 5.32 Å². The lowest BCUT2D eigenvalue weighted by molar-refractivity contribution is 0.346. The third-order valence-corrected chi connectivity index (χ3v) is 4.42. The number of hydrogen-bond acceptors (Lipinski definition) is 5.